The lowest BCUT2D eigenvalue weighted by atomic mass is 10.1. The van der Waals surface area contributed by atoms with Gasteiger partial charge in [-0.05, 0) is 38.1 Å². The van der Waals surface area contributed by atoms with Crippen molar-refractivity contribution < 1.29 is 19.0 Å². The minimum Gasteiger partial charge on any atom is -0.490 e. The number of nitrogens with zero attached hydrogens (tertiary/aromatic N) is 3. The molecule has 0 spiro atoms. The quantitative estimate of drug-likeness (QED) is 0.745. The number of hydrogen-bond acceptors (Lipinski definition) is 6. The summed E-state index contributed by atoms with van der Waals surface area (Å²) in [5.41, 5.74) is 0.604. The van der Waals surface area contributed by atoms with Crippen LogP contribution < -0.4 is 14.2 Å². The average molecular weight is 371 g/mol. The largest absolute Gasteiger partial charge is 0.490 e. The van der Waals surface area contributed by atoms with E-state index in [0.717, 1.165) is 12.8 Å². The number of piperidine rings is 1. The van der Waals surface area contributed by atoms with Gasteiger partial charge in [0.1, 0.15) is 6.10 Å². The lowest BCUT2D eigenvalue weighted by molar-refractivity contribution is 0.0578. The molecule has 1 aromatic carbocycles. The van der Waals surface area contributed by atoms with Crippen molar-refractivity contribution >= 4 is 5.91 Å². The summed E-state index contributed by atoms with van der Waals surface area (Å²) >= 11 is 0. The number of aromatic nitrogens is 2. The molecule has 0 radical (unpaired) electrons. The molecular formula is C20H25N3O4. The van der Waals surface area contributed by atoms with Crippen LogP contribution in [0.15, 0.2) is 36.7 Å². The van der Waals surface area contributed by atoms with Crippen LogP contribution in [0.3, 0.4) is 0 Å². The maximum atomic E-state index is 12.9. The van der Waals surface area contributed by atoms with Crippen molar-refractivity contribution in [3.8, 4) is 17.5 Å². The molecule has 0 N–H and O–H groups in total. The SMILES string of the molecule is CCOc1ccc(C(=O)N2CCC(Oc3ncccn3)CC2)cc1OCC. The first-order valence-corrected chi connectivity index (χ1v) is 9.33. The van der Waals surface area contributed by atoms with Crippen LogP contribution in [-0.4, -0.2) is 53.2 Å². The minimum absolute atomic E-state index is 0.00610. The van der Waals surface area contributed by atoms with E-state index in [-0.39, 0.29) is 12.0 Å². The van der Waals surface area contributed by atoms with Gasteiger partial charge in [-0.1, -0.05) is 0 Å². The van der Waals surface area contributed by atoms with E-state index in [9.17, 15) is 4.79 Å². The molecule has 2 heterocycles. The summed E-state index contributed by atoms with van der Waals surface area (Å²) in [4.78, 5) is 22.9. The van der Waals surface area contributed by atoms with Crippen molar-refractivity contribution in [3.05, 3.63) is 42.2 Å². The Labute approximate surface area is 159 Å². The Balaban J connectivity index is 1.61. The van der Waals surface area contributed by atoms with Crippen molar-refractivity contribution in [2.45, 2.75) is 32.8 Å². The zero-order valence-corrected chi connectivity index (χ0v) is 15.8. The van der Waals surface area contributed by atoms with Crippen molar-refractivity contribution in [2.75, 3.05) is 26.3 Å². The summed E-state index contributed by atoms with van der Waals surface area (Å²) in [7, 11) is 0. The minimum atomic E-state index is -0.00610. The molecule has 0 atom stereocenters. The molecule has 1 fully saturated rings. The topological polar surface area (TPSA) is 73.8 Å². The molecule has 144 valence electrons. The van der Waals surface area contributed by atoms with Gasteiger partial charge >= 0.3 is 6.01 Å². The second kappa shape index (κ2) is 9.21. The van der Waals surface area contributed by atoms with Gasteiger partial charge in [-0.15, -0.1) is 0 Å². The third-order valence-electron chi connectivity index (χ3n) is 4.33. The standard InChI is InChI=1S/C20H25N3O4/c1-3-25-17-7-6-15(14-18(17)26-4-2)19(24)23-12-8-16(9-13-23)27-20-21-10-5-11-22-20/h5-7,10-11,14,16H,3-4,8-9,12-13H2,1-2H3. The normalized spacial score (nSPS) is 14.7. The first kappa shape index (κ1) is 18.9. The van der Waals surface area contributed by atoms with E-state index in [1.807, 2.05) is 18.7 Å². The van der Waals surface area contributed by atoms with Crippen LogP contribution in [0.5, 0.6) is 17.5 Å². The Morgan fingerprint density at radius 2 is 1.74 bits per heavy atom. The molecule has 1 aliphatic heterocycles. The molecule has 7 heteroatoms. The monoisotopic (exact) mass is 371 g/mol. The van der Waals surface area contributed by atoms with Crippen molar-refractivity contribution in [1.29, 1.82) is 0 Å². The number of likely N-dealkylation sites (tertiary alicyclic amines) is 1. The third-order valence-corrected chi connectivity index (χ3v) is 4.33. The third kappa shape index (κ3) is 4.87. The van der Waals surface area contributed by atoms with Gasteiger partial charge in [0, 0.05) is 43.9 Å². The van der Waals surface area contributed by atoms with Gasteiger partial charge in [-0.2, -0.15) is 0 Å². The second-order valence-corrected chi connectivity index (χ2v) is 6.17. The summed E-state index contributed by atoms with van der Waals surface area (Å²) in [5, 5.41) is 0. The van der Waals surface area contributed by atoms with E-state index < -0.39 is 0 Å². The molecule has 0 aliphatic carbocycles. The highest BCUT2D eigenvalue weighted by atomic mass is 16.5. The average Bonchev–Trinajstić information content (AvgIpc) is 2.70. The van der Waals surface area contributed by atoms with Crippen molar-refractivity contribution in [1.82, 2.24) is 14.9 Å². The molecule has 1 aromatic heterocycles. The number of benzene rings is 1. The highest BCUT2D eigenvalue weighted by Gasteiger charge is 2.26. The Bertz CT molecular complexity index is 746. The highest BCUT2D eigenvalue weighted by Crippen LogP contribution is 2.29. The van der Waals surface area contributed by atoms with Gasteiger partial charge in [-0.3, -0.25) is 4.79 Å². The van der Waals surface area contributed by atoms with Gasteiger partial charge < -0.3 is 19.1 Å². The summed E-state index contributed by atoms with van der Waals surface area (Å²) in [6.07, 6.45) is 4.83. The molecule has 3 rings (SSSR count). The highest BCUT2D eigenvalue weighted by molar-refractivity contribution is 5.95. The molecule has 0 unspecified atom stereocenters. The molecule has 7 nitrogen and oxygen atoms in total. The molecule has 0 bridgehead atoms. The maximum absolute atomic E-state index is 12.9. The second-order valence-electron chi connectivity index (χ2n) is 6.17. The van der Waals surface area contributed by atoms with Crippen LogP contribution in [0.1, 0.15) is 37.0 Å². The van der Waals surface area contributed by atoms with Crippen LogP contribution in [-0.2, 0) is 0 Å². The van der Waals surface area contributed by atoms with E-state index in [0.29, 0.717) is 49.4 Å². The Kier molecular flexibility index (Phi) is 6.46. The Morgan fingerprint density at radius 3 is 2.41 bits per heavy atom. The van der Waals surface area contributed by atoms with Gasteiger partial charge in [-0.25, -0.2) is 9.97 Å². The number of hydrogen-bond donors (Lipinski definition) is 0. The van der Waals surface area contributed by atoms with Crippen molar-refractivity contribution in [3.63, 3.8) is 0 Å². The number of ether oxygens (including phenoxy) is 3. The molecule has 0 saturated carbocycles. The summed E-state index contributed by atoms with van der Waals surface area (Å²) in [5.74, 6) is 1.25. The Morgan fingerprint density at radius 1 is 1.07 bits per heavy atom. The van der Waals surface area contributed by atoms with Gasteiger partial charge in [0.25, 0.3) is 5.91 Å². The van der Waals surface area contributed by atoms with E-state index in [2.05, 4.69) is 9.97 Å². The summed E-state index contributed by atoms with van der Waals surface area (Å²) < 4.78 is 17.0. The van der Waals surface area contributed by atoms with E-state index in [1.165, 1.54) is 0 Å². The predicted octanol–water partition coefficient (Wildman–Crippen LogP) is 2.96. The number of carbonyl (C=O) groups excluding carboxylic acids is 1. The predicted molar refractivity (Wildman–Crippen MR) is 100 cm³/mol. The van der Waals surface area contributed by atoms with Crippen LogP contribution in [0.2, 0.25) is 0 Å². The molecule has 27 heavy (non-hydrogen) atoms. The summed E-state index contributed by atoms with van der Waals surface area (Å²) in [6, 6.07) is 7.48. The first-order chi connectivity index (χ1) is 13.2. The number of rotatable bonds is 7. The van der Waals surface area contributed by atoms with Crippen LogP contribution in [0.25, 0.3) is 0 Å². The van der Waals surface area contributed by atoms with Crippen LogP contribution in [0, 0.1) is 0 Å². The smallest absolute Gasteiger partial charge is 0.316 e. The first-order valence-electron chi connectivity index (χ1n) is 9.33. The molecule has 1 saturated heterocycles. The van der Waals surface area contributed by atoms with Crippen LogP contribution >= 0.6 is 0 Å². The van der Waals surface area contributed by atoms with Crippen LogP contribution in [0.4, 0.5) is 0 Å². The zero-order chi connectivity index (χ0) is 19.1. The van der Waals surface area contributed by atoms with Crippen molar-refractivity contribution in [2.24, 2.45) is 0 Å². The number of amides is 1. The fourth-order valence-electron chi connectivity index (χ4n) is 3.04. The van der Waals surface area contributed by atoms with E-state index in [4.69, 9.17) is 14.2 Å². The fraction of sp³-hybridized carbons (Fsp3) is 0.450. The maximum Gasteiger partial charge on any atom is 0.316 e. The van der Waals surface area contributed by atoms with Gasteiger partial charge in [0.05, 0.1) is 13.2 Å². The van der Waals surface area contributed by atoms with Gasteiger partial charge in [0.15, 0.2) is 11.5 Å². The van der Waals surface area contributed by atoms with E-state index >= 15 is 0 Å². The van der Waals surface area contributed by atoms with E-state index in [1.54, 1.807) is 36.7 Å². The summed E-state index contributed by atoms with van der Waals surface area (Å²) in [6.45, 7) is 6.15. The Hall–Kier alpha value is -2.83. The molecular weight excluding hydrogens is 346 g/mol. The zero-order valence-electron chi connectivity index (χ0n) is 15.8. The lowest BCUT2D eigenvalue weighted by Crippen LogP contribution is -2.41. The number of carbonyl (C=O) groups is 1. The van der Waals surface area contributed by atoms with Gasteiger partial charge in [0.2, 0.25) is 0 Å². The molecule has 1 aliphatic rings. The lowest BCUT2D eigenvalue weighted by Gasteiger charge is -2.31. The molecule has 1 amide bonds. The fourth-order valence-corrected chi connectivity index (χ4v) is 3.04. The molecule has 2 aromatic rings.